The van der Waals surface area contributed by atoms with Crippen molar-refractivity contribution >= 4 is 37.3 Å². The molecule has 6 nitrogen and oxygen atoms in total. The fourth-order valence-corrected chi connectivity index (χ4v) is 5.99. The first-order valence-electron chi connectivity index (χ1n) is 6.43. The first kappa shape index (κ1) is 15.2. The third-order valence-corrected chi connectivity index (χ3v) is 7.54. The Balaban J connectivity index is 1.86. The number of likely N-dealkylation sites (N-methyl/N-ethyl adjacent to an activating group) is 1. The lowest BCUT2D eigenvalue weighted by molar-refractivity contribution is 0.143. The zero-order valence-electron chi connectivity index (χ0n) is 11.4. The Morgan fingerprint density at radius 2 is 2.24 bits per heavy atom. The molecule has 9 heteroatoms. The van der Waals surface area contributed by atoms with Crippen LogP contribution in [0.1, 0.15) is 11.9 Å². The van der Waals surface area contributed by atoms with Crippen molar-refractivity contribution in [3.05, 3.63) is 34.1 Å². The summed E-state index contributed by atoms with van der Waals surface area (Å²) in [6.45, 7) is 1.57. The topological polar surface area (TPSA) is 69.3 Å². The fourth-order valence-electron chi connectivity index (χ4n) is 2.39. The molecule has 2 aromatic rings. The van der Waals surface area contributed by atoms with Gasteiger partial charge in [0.2, 0.25) is 0 Å². The van der Waals surface area contributed by atoms with Crippen LogP contribution in [-0.4, -0.2) is 54.3 Å². The van der Waals surface area contributed by atoms with Gasteiger partial charge in [-0.2, -0.15) is 4.31 Å². The average Bonchev–Trinajstić information content (AvgIpc) is 3.10. The molecule has 1 N–H and O–H groups in total. The van der Waals surface area contributed by atoms with E-state index in [0.717, 1.165) is 9.61 Å². The van der Waals surface area contributed by atoms with Crippen LogP contribution in [0.25, 0.3) is 0 Å². The zero-order valence-corrected chi connectivity index (χ0v) is 14.6. The first-order chi connectivity index (χ1) is 9.98. The molecule has 3 rings (SSSR count). The Kier molecular flexibility index (Phi) is 4.19. The number of aromatic amines is 1. The van der Waals surface area contributed by atoms with E-state index in [-0.39, 0.29) is 6.04 Å². The Bertz CT molecular complexity index is 713. The Morgan fingerprint density at radius 3 is 2.86 bits per heavy atom. The second kappa shape index (κ2) is 5.81. The number of nitrogens with one attached hydrogen (secondary N) is 1. The summed E-state index contributed by atoms with van der Waals surface area (Å²) in [5.74, 6) is 0.796. The summed E-state index contributed by atoms with van der Waals surface area (Å²) in [7, 11) is -1.45. The molecular formula is C12H15BrN4O2S2. The second-order valence-electron chi connectivity index (χ2n) is 4.89. The number of aromatic nitrogens is 2. The van der Waals surface area contributed by atoms with Crippen molar-refractivity contribution in [2.75, 3.05) is 26.7 Å². The summed E-state index contributed by atoms with van der Waals surface area (Å²) in [5.41, 5.74) is 0. The molecule has 1 fully saturated rings. The van der Waals surface area contributed by atoms with Gasteiger partial charge in [-0.1, -0.05) is 0 Å². The van der Waals surface area contributed by atoms with Gasteiger partial charge >= 0.3 is 0 Å². The molecule has 2 aromatic heterocycles. The van der Waals surface area contributed by atoms with Gasteiger partial charge in [0.1, 0.15) is 10.0 Å². The Morgan fingerprint density at radius 1 is 1.43 bits per heavy atom. The van der Waals surface area contributed by atoms with Gasteiger partial charge in [-0.15, -0.1) is 11.3 Å². The number of imidazole rings is 1. The smallest absolute Gasteiger partial charge is 0.252 e. The van der Waals surface area contributed by atoms with Crippen LogP contribution in [0, 0.1) is 0 Å². The third-order valence-electron chi connectivity index (χ3n) is 3.59. The summed E-state index contributed by atoms with van der Waals surface area (Å²) in [6, 6.07) is 3.36. The van der Waals surface area contributed by atoms with E-state index in [4.69, 9.17) is 0 Å². The molecule has 1 aliphatic heterocycles. The standard InChI is InChI=1S/C12H15BrN4O2S2/c1-16-6-7-17(8-9(16)12-14-4-5-15-12)21(18,19)11-3-2-10(13)20-11/h2-5,9H,6-8H2,1H3,(H,14,15). The van der Waals surface area contributed by atoms with Crippen LogP contribution in [0.15, 0.2) is 32.5 Å². The Hall–Kier alpha value is -0.740. The minimum Gasteiger partial charge on any atom is -0.347 e. The lowest BCUT2D eigenvalue weighted by atomic mass is 10.2. The van der Waals surface area contributed by atoms with Gasteiger partial charge in [-0.3, -0.25) is 4.90 Å². The van der Waals surface area contributed by atoms with Gasteiger partial charge in [-0.05, 0) is 35.1 Å². The van der Waals surface area contributed by atoms with Crippen molar-refractivity contribution < 1.29 is 8.42 Å². The molecule has 0 spiro atoms. The van der Waals surface area contributed by atoms with Crippen LogP contribution in [0.5, 0.6) is 0 Å². The van der Waals surface area contributed by atoms with Crippen LogP contribution < -0.4 is 0 Å². The van der Waals surface area contributed by atoms with Crippen LogP contribution in [-0.2, 0) is 10.0 Å². The number of thiophene rings is 1. The highest BCUT2D eigenvalue weighted by molar-refractivity contribution is 9.11. The SMILES string of the molecule is CN1CCN(S(=O)(=O)c2ccc(Br)s2)CC1c1ncc[nH]1. The van der Waals surface area contributed by atoms with Crippen molar-refractivity contribution in [1.29, 1.82) is 0 Å². The van der Waals surface area contributed by atoms with E-state index >= 15 is 0 Å². The molecule has 0 amide bonds. The Labute approximate surface area is 136 Å². The predicted octanol–water partition coefficient (Wildman–Crippen LogP) is 1.91. The van der Waals surface area contributed by atoms with Gasteiger partial charge < -0.3 is 4.98 Å². The summed E-state index contributed by atoms with van der Waals surface area (Å²) in [4.78, 5) is 9.45. The number of H-pyrrole nitrogens is 1. The van der Waals surface area contributed by atoms with E-state index in [0.29, 0.717) is 23.8 Å². The molecule has 1 aliphatic rings. The highest BCUT2D eigenvalue weighted by Gasteiger charge is 2.35. The van der Waals surface area contributed by atoms with Crippen LogP contribution in [0.4, 0.5) is 0 Å². The minimum absolute atomic E-state index is 0.0491. The maximum absolute atomic E-state index is 12.7. The van der Waals surface area contributed by atoms with Crippen LogP contribution in [0.3, 0.4) is 0 Å². The maximum Gasteiger partial charge on any atom is 0.252 e. The molecule has 0 radical (unpaired) electrons. The summed E-state index contributed by atoms with van der Waals surface area (Å²) < 4.78 is 28.1. The summed E-state index contributed by atoms with van der Waals surface area (Å²) in [6.07, 6.45) is 3.44. The third kappa shape index (κ3) is 2.93. The number of hydrogen-bond donors (Lipinski definition) is 1. The number of halogens is 1. The van der Waals surface area contributed by atoms with E-state index in [1.807, 2.05) is 7.05 Å². The van der Waals surface area contributed by atoms with E-state index < -0.39 is 10.0 Å². The minimum atomic E-state index is -3.44. The van der Waals surface area contributed by atoms with Gasteiger partial charge in [-0.25, -0.2) is 13.4 Å². The second-order valence-corrected chi connectivity index (χ2v) is 9.52. The molecule has 114 valence electrons. The van der Waals surface area contributed by atoms with Gasteiger partial charge in [0.25, 0.3) is 10.0 Å². The molecule has 0 bridgehead atoms. The lowest BCUT2D eigenvalue weighted by Gasteiger charge is -2.37. The molecular weight excluding hydrogens is 376 g/mol. The van der Waals surface area contributed by atoms with E-state index in [1.54, 1.807) is 28.8 Å². The number of sulfonamides is 1. The van der Waals surface area contributed by atoms with Crippen LogP contribution >= 0.6 is 27.3 Å². The number of hydrogen-bond acceptors (Lipinski definition) is 5. The van der Waals surface area contributed by atoms with E-state index in [1.165, 1.54) is 11.3 Å². The van der Waals surface area contributed by atoms with Gasteiger partial charge in [0.15, 0.2) is 0 Å². The summed E-state index contributed by atoms with van der Waals surface area (Å²) >= 11 is 4.55. The fraction of sp³-hybridized carbons (Fsp3) is 0.417. The van der Waals surface area contributed by atoms with Gasteiger partial charge in [0.05, 0.1) is 9.83 Å². The number of rotatable bonds is 3. The summed E-state index contributed by atoms with van der Waals surface area (Å²) in [5, 5.41) is 0. The molecule has 3 heterocycles. The maximum atomic E-state index is 12.7. The lowest BCUT2D eigenvalue weighted by Crippen LogP contribution is -2.49. The predicted molar refractivity (Wildman–Crippen MR) is 84.7 cm³/mol. The number of nitrogens with zero attached hydrogens (tertiary/aromatic N) is 3. The molecule has 21 heavy (non-hydrogen) atoms. The van der Waals surface area contributed by atoms with Gasteiger partial charge in [0, 0.05) is 32.0 Å². The van der Waals surface area contributed by atoms with Crippen molar-refractivity contribution in [3.8, 4) is 0 Å². The molecule has 1 atom stereocenters. The average molecular weight is 391 g/mol. The monoisotopic (exact) mass is 390 g/mol. The zero-order chi connectivity index (χ0) is 15.0. The number of piperazine rings is 1. The molecule has 0 aliphatic carbocycles. The first-order valence-corrected chi connectivity index (χ1v) is 9.48. The molecule has 0 aromatic carbocycles. The van der Waals surface area contributed by atoms with Crippen molar-refractivity contribution in [2.45, 2.75) is 10.3 Å². The van der Waals surface area contributed by atoms with Crippen molar-refractivity contribution in [3.63, 3.8) is 0 Å². The van der Waals surface area contributed by atoms with E-state index in [2.05, 4.69) is 30.8 Å². The molecule has 0 saturated carbocycles. The highest BCUT2D eigenvalue weighted by atomic mass is 79.9. The highest BCUT2D eigenvalue weighted by Crippen LogP contribution is 2.31. The molecule has 1 saturated heterocycles. The largest absolute Gasteiger partial charge is 0.347 e. The van der Waals surface area contributed by atoms with Crippen molar-refractivity contribution in [1.82, 2.24) is 19.2 Å². The quantitative estimate of drug-likeness (QED) is 0.868. The van der Waals surface area contributed by atoms with Crippen molar-refractivity contribution in [2.24, 2.45) is 0 Å². The van der Waals surface area contributed by atoms with Crippen LogP contribution in [0.2, 0.25) is 0 Å². The molecule has 1 unspecified atom stereocenters. The normalized spacial score (nSPS) is 21.7. The van der Waals surface area contributed by atoms with E-state index in [9.17, 15) is 8.42 Å².